The molecule has 6 nitrogen and oxygen atoms in total. The molecule has 1 aliphatic heterocycles. The van der Waals surface area contributed by atoms with Crippen molar-refractivity contribution in [3.63, 3.8) is 0 Å². The van der Waals surface area contributed by atoms with Crippen molar-refractivity contribution >= 4 is 35.5 Å². The smallest absolute Gasteiger partial charge is 0.338 e. The molecule has 0 atom stereocenters. The van der Waals surface area contributed by atoms with Crippen LogP contribution in [0.25, 0.3) is 0 Å². The van der Waals surface area contributed by atoms with Gasteiger partial charge in [-0.05, 0) is 118 Å². The van der Waals surface area contributed by atoms with Gasteiger partial charge in [-0.15, -0.1) is 23.5 Å². The van der Waals surface area contributed by atoms with Crippen LogP contribution in [0.15, 0.2) is 41.1 Å². The third-order valence-electron chi connectivity index (χ3n) is 8.33. The average Bonchev–Trinajstić information content (AvgIpc) is 3.50. The minimum atomic E-state index is -0.518. The van der Waals surface area contributed by atoms with Gasteiger partial charge in [0.15, 0.2) is 0 Å². The maximum atomic E-state index is 13.5. The number of hydrogen-bond donors (Lipinski definition) is 2. The average molecular weight is 649 g/mol. The van der Waals surface area contributed by atoms with Crippen LogP contribution < -0.4 is 0 Å². The van der Waals surface area contributed by atoms with E-state index in [-0.39, 0.29) is 40.1 Å². The first kappa shape index (κ1) is 34.5. The molecule has 8 heteroatoms. The number of phenols is 2. The van der Waals surface area contributed by atoms with Crippen LogP contribution in [-0.4, -0.2) is 22.2 Å². The van der Waals surface area contributed by atoms with Crippen molar-refractivity contribution in [2.45, 2.75) is 97.9 Å². The normalized spacial score (nSPS) is 13.7. The van der Waals surface area contributed by atoms with Crippen LogP contribution in [0.3, 0.4) is 0 Å². The van der Waals surface area contributed by atoms with Gasteiger partial charge in [-0.25, -0.2) is 9.59 Å². The van der Waals surface area contributed by atoms with Crippen LogP contribution in [-0.2, 0) is 33.5 Å². The molecule has 0 fully saturated rings. The number of ether oxygens (including phenoxy) is 2. The Morgan fingerprint density at radius 3 is 1.60 bits per heavy atom. The fourth-order valence-corrected chi connectivity index (χ4v) is 7.63. The number of phenolic OH excluding ortho intramolecular Hbond substituents is 2. The fourth-order valence-electron chi connectivity index (χ4n) is 5.51. The zero-order valence-electron chi connectivity index (χ0n) is 27.9. The summed E-state index contributed by atoms with van der Waals surface area (Å²) < 4.78 is 11.4. The maximum Gasteiger partial charge on any atom is 0.338 e. The predicted octanol–water partition coefficient (Wildman–Crippen LogP) is 9.59. The number of carbonyl (C=O) groups excluding carboxylic acids is 2. The molecule has 0 saturated heterocycles. The molecule has 3 aromatic rings. The van der Waals surface area contributed by atoms with E-state index in [9.17, 15) is 19.8 Å². The minimum absolute atomic E-state index is 0.0144. The monoisotopic (exact) mass is 648 g/mol. The van der Waals surface area contributed by atoms with Crippen LogP contribution in [0.2, 0.25) is 0 Å². The second-order valence-electron chi connectivity index (χ2n) is 13.7. The molecule has 2 N–H and O–H groups in total. The highest BCUT2D eigenvalue weighted by Gasteiger charge is 2.27. The van der Waals surface area contributed by atoms with E-state index in [0.29, 0.717) is 27.8 Å². The SMILES string of the molecule is Cc1cc(C(C)(C)C)c(O)c(C)c1COC(=O)c1ccc(C(=O)OCc2c(C)cc(C(C)(C)C)c(O)c2C)c(C2SC=CS2)c1. The number of rotatable bonds is 7. The molecular formula is C37H44O6S2. The van der Waals surface area contributed by atoms with E-state index in [1.165, 1.54) is 0 Å². The summed E-state index contributed by atoms with van der Waals surface area (Å²) in [4.78, 5) is 26.7. The lowest BCUT2D eigenvalue weighted by Crippen LogP contribution is -2.15. The van der Waals surface area contributed by atoms with Gasteiger partial charge >= 0.3 is 11.9 Å². The number of thioether (sulfide) groups is 2. The van der Waals surface area contributed by atoms with Gasteiger partial charge in [0.1, 0.15) is 24.7 Å². The third-order valence-corrected chi connectivity index (χ3v) is 10.8. The number of benzene rings is 3. The lowest BCUT2D eigenvalue weighted by molar-refractivity contribution is 0.0456. The van der Waals surface area contributed by atoms with E-state index >= 15 is 0 Å². The quantitative estimate of drug-likeness (QED) is 0.245. The summed E-state index contributed by atoms with van der Waals surface area (Å²) >= 11 is 3.11. The molecule has 0 aromatic heterocycles. The van der Waals surface area contributed by atoms with Crippen molar-refractivity contribution in [2.75, 3.05) is 0 Å². The minimum Gasteiger partial charge on any atom is -0.507 e. The van der Waals surface area contributed by atoms with Crippen molar-refractivity contribution in [3.05, 3.63) is 102 Å². The summed E-state index contributed by atoms with van der Waals surface area (Å²) in [7, 11) is 0. The van der Waals surface area contributed by atoms with Crippen LogP contribution in [0, 0.1) is 27.7 Å². The van der Waals surface area contributed by atoms with Crippen molar-refractivity contribution in [3.8, 4) is 11.5 Å². The van der Waals surface area contributed by atoms with E-state index in [1.807, 2.05) is 92.2 Å². The van der Waals surface area contributed by atoms with E-state index in [0.717, 1.165) is 33.4 Å². The van der Waals surface area contributed by atoms with E-state index in [1.54, 1.807) is 41.7 Å². The molecule has 0 bridgehead atoms. The summed E-state index contributed by atoms with van der Waals surface area (Å²) in [5.41, 5.74) is 7.45. The van der Waals surface area contributed by atoms with Gasteiger partial charge in [-0.1, -0.05) is 53.7 Å². The Labute approximate surface area is 275 Å². The summed E-state index contributed by atoms with van der Waals surface area (Å²) in [6.07, 6.45) is 0. The van der Waals surface area contributed by atoms with Gasteiger partial charge in [0.05, 0.1) is 15.7 Å². The maximum absolute atomic E-state index is 13.5. The molecule has 45 heavy (non-hydrogen) atoms. The number of aryl methyl sites for hydroxylation is 2. The molecule has 0 spiro atoms. The first-order valence-electron chi connectivity index (χ1n) is 15.0. The van der Waals surface area contributed by atoms with E-state index in [2.05, 4.69) is 0 Å². The fraction of sp³-hybridized carbons (Fsp3) is 0.405. The van der Waals surface area contributed by atoms with Gasteiger partial charge in [0, 0.05) is 0 Å². The van der Waals surface area contributed by atoms with Gasteiger partial charge in [-0.2, -0.15) is 0 Å². The predicted molar refractivity (Wildman–Crippen MR) is 184 cm³/mol. The highest BCUT2D eigenvalue weighted by molar-refractivity contribution is 8.21. The Kier molecular flexibility index (Phi) is 10.1. The van der Waals surface area contributed by atoms with Crippen LogP contribution in [0.5, 0.6) is 11.5 Å². The second-order valence-corrected chi connectivity index (χ2v) is 16.0. The van der Waals surface area contributed by atoms with Crippen molar-refractivity contribution in [1.29, 1.82) is 0 Å². The molecule has 3 aromatic carbocycles. The van der Waals surface area contributed by atoms with Crippen LogP contribution in [0.4, 0.5) is 0 Å². The molecule has 1 aliphatic rings. The van der Waals surface area contributed by atoms with Crippen molar-refractivity contribution in [2.24, 2.45) is 0 Å². The first-order valence-corrected chi connectivity index (χ1v) is 16.9. The van der Waals surface area contributed by atoms with E-state index in [4.69, 9.17) is 9.47 Å². The Morgan fingerprint density at radius 2 is 1.16 bits per heavy atom. The molecule has 240 valence electrons. The Balaban J connectivity index is 1.56. The first-order chi connectivity index (χ1) is 20.9. The number of esters is 2. The third kappa shape index (κ3) is 7.39. The molecular weight excluding hydrogens is 605 g/mol. The van der Waals surface area contributed by atoms with Gasteiger partial charge < -0.3 is 19.7 Å². The number of hydrogen-bond acceptors (Lipinski definition) is 8. The zero-order valence-corrected chi connectivity index (χ0v) is 29.5. The van der Waals surface area contributed by atoms with Crippen LogP contribution >= 0.6 is 23.5 Å². The number of carbonyl (C=O) groups is 2. The molecule has 4 rings (SSSR count). The zero-order chi connectivity index (χ0) is 33.4. The lowest BCUT2D eigenvalue weighted by atomic mass is 9.83. The van der Waals surface area contributed by atoms with Crippen molar-refractivity contribution < 1.29 is 29.3 Å². The summed E-state index contributed by atoms with van der Waals surface area (Å²) in [6, 6.07) is 8.82. The number of aromatic hydroxyl groups is 2. The van der Waals surface area contributed by atoms with Gasteiger partial charge in [-0.3, -0.25) is 0 Å². The van der Waals surface area contributed by atoms with E-state index < -0.39 is 11.9 Å². The summed E-state index contributed by atoms with van der Waals surface area (Å²) in [6.45, 7) is 19.9. The standard InChI is InChI=1S/C37H44O6S2/c1-20-15-29(36(5,6)7)31(38)22(3)27(20)18-42-33(40)24-11-12-25(26(17-24)35-44-13-14-45-35)34(41)43-19-28-21(2)16-30(37(8,9)10)32(39)23(28)4/h11-17,35,38-39H,18-19H2,1-10H3. The topological polar surface area (TPSA) is 93.1 Å². The highest BCUT2D eigenvalue weighted by atomic mass is 32.2. The van der Waals surface area contributed by atoms with Gasteiger partial charge in [0.25, 0.3) is 0 Å². The molecule has 0 amide bonds. The largest absolute Gasteiger partial charge is 0.507 e. The molecule has 0 unspecified atom stereocenters. The molecule has 0 saturated carbocycles. The van der Waals surface area contributed by atoms with Crippen LogP contribution in [0.1, 0.15) is 117 Å². The summed E-state index contributed by atoms with van der Waals surface area (Å²) in [5, 5.41) is 25.7. The van der Waals surface area contributed by atoms with Gasteiger partial charge in [0.2, 0.25) is 0 Å². The van der Waals surface area contributed by atoms with Crippen molar-refractivity contribution in [1.82, 2.24) is 0 Å². The summed E-state index contributed by atoms with van der Waals surface area (Å²) in [5.74, 6) is -0.580. The molecule has 1 heterocycles. The lowest BCUT2D eigenvalue weighted by Gasteiger charge is -2.24. The Hall–Kier alpha value is -3.36. The Bertz CT molecular complexity index is 1670. The molecule has 0 radical (unpaired) electrons. The highest BCUT2D eigenvalue weighted by Crippen LogP contribution is 2.48. The molecule has 0 aliphatic carbocycles. The second kappa shape index (κ2) is 13.2. The Morgan fingerprint density at radius 1 is 0.711 bits per heavy atom.